The molecule has 1 N–H and O–H groups in total. The standard InChI is InChI=1S/C22H32N4O6S/c1-22(2)12-15-16(14-32-22)33-19(18(15)20(28)30-3)23-21(29)26-6-4-24(5-7-26)13-17(27)25-8-10-31-11-9-25/h4-14H2,1-3H3,(H,23,29). The highest BCUT2D eigenvalue weighted by Gasteiger charge is 2.35. The van der Waals surface area contributed by atoms with Gasteiger partial charge in [-0.15, -0.1) is 11.3 Å². The Bertz CT molecular complexity index is 903. The van der Waals surface area contributed by atoms with Crippen molar-refractivity contribution in [1.82, 2.24) is 14.7 Å². The van der Waals surface area contributed by atoms with Gasteiger partial charge in [-0.2, -0.15) is 0 Å². The third-order valence-corrected chi connectivity index (χ3v) is 7.40. The van der Waals surface area contributed by atoms with E-state index in [-0.39, 0.29) is 17.5 Å². The number of urea groups is 1. The van der Waals surface area contributed by atoms with Gasteiger partial charge in [0.2, 0.25) is 5.91 Å². The van der Waals surface area contributed by atoms with Crippen molar-refractivity contribution < 1.29 is 28.6 Å². The lowest BCUT2D eigenvalue weighted by Crippen LogP contribution is -2.53. The van der Waals surface area contributed by atoms with Crippen LogP contribution in [0.3, 0.4) is 0 Å². The topological polar surface area (TPSA) is 101 Å². The summed E-state index contributed by atoms with van der Waals surface area (Å²) in [5.41, 5.74) is 0.939. The average molecular weight is 481 g/mol. The van der Waals surface area contributed by atoms with E-state index in [0.29, 0.717) is 82.6 Å². The van der Waals surface area contributed by atoms with Crippen molar-refractivity contribution in [2.75, 3.05) is 71.5 Å². The fourth-order valence-electron chi connectivity index (χ4n) is 4.35. The molecule has 3 aliphatic rings. The molecule has 4 heterocycles. The smallest absolute Gasteiger partial charge is 0.341 e. The first-order valence-corrected chi connectivity index (χ1v) is 12.1. The van der Waals surface area contributed by atoms with Gasteiger partial charge in [0.05, 0.1) is 44.6 Å². The quantitative estimate of drug-likeness (QED) is 0.650. The highest BCUT2D eigenvalue weighted by atomic mass is 32.1. The number of nitrogens with one attached hydrogen (secondary N) is 1. The maximum absolute atomic E-state index is 13.0. The molecular formula is C22H32N4O6S. The number of nitrogens with zero attached hydrogens (tertiary/aromatic N) is 3. The normalized spacial score (nSPS) is 20.8. The molecule has 11 heteroatoms. The summed E-state index contributed by atoms with van der Waals surface area (Å²) >= 11 is 1.37. The van der Waals surface area contributed by atoms with Crippen molar-refractivity contribution >= 4 is 34.2 Å². The van der Waals surface area contributed by atoms with Gasteiger partial charge in [-0.25, -0.2) is 9.59 Å². The van der Waals surface area contributed by atoms with Crippen LogP contribution in [0.4, 0.5) is 9.80 Å². The molecule has 0 bridgehead atoms. The number of carbonyl (C=O) groups is 3. The number of morpholine rings is 1. The third-order valence-electron chi connectivity index (χ3n) is 6.28. The molecule has 2 fully saturated rings. The summed E-state index contributed by atoms with van der Waals surface area (Å²) in [6.45, 7) is 9.44. The molecule has 1 aromatic rings. The summed E-state index contributed by atoms with van der Waals surface area (Å²) < 4.78 is 16.2. The van der Waals surface area contributed by atoms with Crippen molar-refractivity contribution in [3.05, 3.63) is 16.0 Å². The molecule has 4 rings (SSSR count). The van der Waals surface area contributed by atoms with Crippen LogP contribution < -0.4 is 5.32 Å². The number of fused-ring (bicyclic) bond motifs is 1. The fraction of sp³-hybridized carbons (Fsp3) is 0.682. The molecule has 0 atom stereocenters. The lowest BCUT2D eigenvalue weighted by Gasteiger charge is -2.35. The molecule has 0 saturated carbocycles. The number of ether oxygens (including phenoxy) is 3. The number of hydrogen-bond donors (Lipinski definition) is 1. The molecule has 0 aromatic carbocycles. The minimum Gasteiger partial charge on any atom is -0.465 e. The van der Waals surface area contributed by atoms with Crippen molar-refractivity contribution in [2.45, 2.75) is 32.5 Å². The number of carbonyl (C=O) groups excluding carboxylic acids is 3. The van der Waals surface area contributed by atoms with Crippen LogP contribution in [0.2, 0.25) is 0 Å². The Kier molecular flexibility index (Phi) is 7.22. The van der Waals surface area contributed by atoms with Crippen LogP contribution >= 0.6 is 11.3 Å². The monoisotopic (exact) mass is 480 g/mol. The summed E-state index contributed by atoms with van der Waals surface area (Å²) in [6.07, 6.45) is 0.578. The minimum atomic E-state index is -0.452. The van der Waals surface area contributed by atoms with E-state index >= 15 is 0 Å². The second kappa shape index (κ2) is 9.96. The Morgan fingerprint density at radius 1 is 1.06 bits per heavy atom. The molecule has 0 spiro atoms. The molecule has 1 aromatic heterocycles. The predicted molar refractivity (Wildman–Crippen MR) is 123 cm³/mol. The number of esters is 1. The average Bonchev–Trinajstić information content (AvgIpc) is 3.15. The van der Waals surface area contributed by atoms with E-state index in [9.17, 15) is 14.4 Å². The second-order valence-corrected chi connectivity index (χ2v) is 10.2. The van der Waals surface area contributed by atoms with Gasteiger partial charge < -0.3 is 24.0 Å². The van der Waals surface area contributed by atoms with Gasteiger partial charge in [0.25, 0.3) is 0 Å². The Hall–Kier alpha value is -2.21. The highest BCUT2D eigenvalue weighted by Crippen LogP contribution is 2.40. The molecule has 182 valence electrons. The number of hydrogen-bond acceptors (Lipinski definition) is 8. The zero-order valence-corrected chi connectivity index (χ0v) is 20.3. The van der Waals surface area contributed by atoms with E-state index < -0.39 is 5.97 Å². The van der Waals surface area contributed by atoms with Crippen molar-refractivity contribution in [1.29, 1.82) is 0 Å². The first-order valence-electron chi connectivity index (χ1n) is 11.3. The fourth-order valence-corrected chi connectivity index (χ4v) is 5.46. The predicted octanol–water partition coefficient (Wildman–Crippen LogP) is 1.39. The number of anilines is 1. The SMILES string of the molecule is COC(=O)c1c(NC(=O)N2CCN(CC(=O)N3CCOCC3)CC2)sc2c1CC(C)(C)OC2. The number of piperazine rings is 1. The lowest BCUT2D eigenvalue weighted by molar-refractivity contribution is -0.136. The van der Waals surface area contributed by atoms with E-state index in [1.54, 1.807) is 4.90 Å². The van der Waals surface area contributed by atoms with Crippen LogP contribution in [0.5, 0.6) is 0 Å². The van der Waals surface area contributed by atoms with E-state index in [4.69, 9.17) is 14.2 Å². The maximum Gasteiger partial charge on any atom is 0.341 e. The van der Waals surface area contributed by atoms with Crippen molar-refractivity contribution in [3.63, 3.8) is 0 Å². The molecule has 0 unspecified atom stereocenters. The van der Waals surface area contributed by atoms with Crippen LogP contribution in [0.25, 0.3) is 0 Å². The molecule has 3 aliphatic heterocycles. The first kappa shape index (κ1) is 23.9. The molecule has 2 saturated heterocycles. The van der Waals surface area contributed by atoms with Crippen LogP contribution in [0, 0.1) is 0 Å². The molecule has 10 nitrogen and oxygen atoms in total. The van der Waals surface area contributed by atoms with E-state index in [2.05, 4.69) is 10.2 Å². The summed E-state index contributed by atoms with van der Waals surface area (Å²) in [6, 6.07) is -0.252. The maximum atomic E-state index is 13.0. The minimum absolute atomic E-state index is 0.105. The van der Waals surface area contributed by atoms with Crippen LogP contribution in [0.15, 0.2) is 0 Å². The van der Waals surface area contributed by atoms with Crippen LogP contribution in [-0.4, -0.2) is 104 Å². The van der Waals surface area contributed by atoms with Crippen molar-refractivity contribution in [3.8, 4) is 0 Å². The highest BCUT2D eigenvalue weighted by molar-refractivity contribution is 7.17. The number of amides is 3. The number of thiophene rings is 1. The first-order chi connectivity index (χ1) is 15.8. The van der Waals surface area contributed by atoms with Gasteiger partial charge in [-0.05, 0) is 19.4 Å². The number of rotatable bonds is 4. The van der Waals surface area contributed by atoms with Gasteiger partial charge >= 0.3 is 12.0 Å². The van der Waals surface area contributed by atoms with Crippen LogP contribution in [-0.2, 0) is 32.0 Å². The summed E-state index contributed by atoms with van der Waals surface area (Å²) in [5.74, 6) is -0.347. The van der Waals surface area contributed by atoms with Crippen molar-refractivity contribution in [2.24, 2.45) is 0 Å². The Morgan fingerprint density at radius 2 is 1.76 bits per heavy atom. The van der Waals surface area contributed by atoms with E-state index in [1.807, 2.05) is 18.7 Å². The third kappa shape index (κ3) is 5.48. The summed E-state index contributed by atoms with van der Waals surface area (Å²) in [5, 5.41) is 3.43. The molecule has 33 heavy (non-hydrogen) atoms. The van der Waals surface area contributed by atoms with Gasteiger partial charge in [0, 0.05) is 50.6 Å². The van der Waals surface area contributed by atoms with Gasteiger partial charge in [0.15, 0.2) is 0 Å². The largest absolute Gasteiger partial charge is 0.465 e. The van der Waals surface area contributed by atoms with Crippen LogP contribution in [0.1, 0.15) is 34.6 Å². The zero-order chi connectivity index (χ0) is 23.6. The summed E-state index contributed by atoms with van der Waals surface area (Å²) in [4.78, 5) is 44.6. The lowest BCUT2D eigenvalue weighted by atomic mass is 9.93. The Labute approximate surface area is 197 Å². The number of methoxy groups -OCH3 is 1. The molecule has 0 aliphatic carbocycles. The second-order valence-electron chi connectivity index (χ2n) is 9.11. The molecular weight excluding hydrogens is 448 g/mol. The van der Waals surface area contributed by atoms with E-state index in [0.717, 1.165) is 10.4 Å². The van der Waals surface area contributed by atoms with E-state index in [1.165, 1.54) is 18.4 Å². The molecule has 0 radical (unpaired) electrons. The Morgan fingerprint density at radius 3 is 2.42 bits per heavy atom. The van der Waals surface area contributed by atoms with Gasteiger partial charge in [-0.1, -0.05) is 0 Å². The summed E-state index contributed by atoms with van der Waals surface area (Å²) in [7, 11) is 1.35. The zero-order valence-electron chi connectivity index (χ0n) is 19.5. The molecule has 3 amide bonds. The Balaban J connectivity index is 1.36. The van der Waals surface area contributed by atoms with Gasteiger partial charge in [-0.3, -0.25) is 15.0 Å². The van der Waals surface area contributed by atoms with Gasteiger partial charge in [0.1, 0.15) is 5.00 Å².